The first-order chi connectivity index (χ1) is 2.81. The number of rotatable bonds is 0. The lowest BCUT2D eigenvalue weighted by Gasteiger charge is -1.75. The van der Waals surface area contributed by atoms with Gasteiger partial charge < -0.3 is 5.84 Å². The molecule has 0 spiro atoms. The molecule has 0 radical (unpaired) electrons. The maximum Gasteiger partial charge on any atom is 0.166 e. The van der Waals surface area contributed by atoms with E-state index in [4.69, 9.17) is 5.53 Å². The van der Waals surface area contributed by atoms with E-state index in [0.29, 0.717) is 0 Å². The van der Waals surface area contributed by atoms with E-state index in [0.717, 1.165) is 0 Å². The molecular formula is C2H8N4. The van der Waals surface area contributed by atoms with Gasteiger partial charge in [-0.25, -0.2) is 5.53 Å². The molecule has 6 heavy (non-hydrogen) atoms. The lowest BCUT2D eigenvalue weighted by Crippen LogP contribution is -1.88. The van der Waals surface area contributed by atoms with Crippen LogP contribution in [0.5, 0.6) is 0 Å². The number of hydrazone groups is 1. The summed E-state index contributed by atoms with van der Waals surface area (Å²) < 4.78 is 0. The molecule has 0 saturated carbocycles. The van der Waals surface area contributed by atoms with E-state index >= 15 is 0 Å². The fourth-order valence-electron chi connectivity index (χ4n) is 0.0289. The van der Waals surface area contributed by atoms with E-state index in [-0.39, 0.29) is 7.26 Å². The van der Waals surface area contributed by atoms with E-state index in [2.05, 4.69) is 16.1 Å². The Morgan fingerprint density at radius 3 is 2.50 bits per heavy atom. The van der Waals surface area contributed by atoms with Crippen molar-refractivity contribution >= 4 is 5.84 Å². The van der Waals surface area contributed by atoms with Gasteiger partial charge in [0.2, 0.25) is 0 Å². The van der Waals surface area contributed by atoms with Gasteiger partial charge >= 0.3 is 0 Å². The maximum atomic E-state index is 6.22. The Bertz CT molecular complexity index is 77.8. The summed E-state index contributed by atoms with van der Waals surface area (Å²) >= 11 is 0. The van der Waals surface area contributed by atoms with Crippen molar-refractivity contribution in [1.82, 2.24) is 0 Å². The summed E-state index contributed by atoms with van der Waals surface area (Å²) in [4.78, 5) is 0. The van der Waals surface area contributed by atoms with Gasteiger partial charge in [-0.3, -0.25) is 0 Å². The second kappa shape index (κ2) is 2.32. The largest absolute Gasteiger partial charge is 0.321 e. The molecule has 4 nitrogen and oxygen atoms in total. The van der Waals surface area contributed by atoms with E-state index in [1.165, 1.54) is 0 Å². The first kappa shape index (κ1) is 5.07. The summed E-state index contributed by atoms with van der Waals surface area (Å²) in [6.45, 7) is 1.55. The predicted molar refractivity (Wildman–Crippen MR) is 24.6 cm³/mol. The van der Waals surface area contributed by atoms with Crippen molar-refractivity contribution in [3.05, 3.63) is 0 Å². The lowest BCUT2D eigenvalue weighted by atomic mass is 10.7. The first-order valence-electron chi connectivity index (χ1n) is 1.43. The van der Waals surface area contributed by atoms with Gasteiger partial charge in [-0.15, -0.1) is 5.11 Å². The van der Waals surface area contributed by atoms with Gasteiger partial charge in [-0.2, -0.15) is 5.10 Å². The van der Waals surface area contributed by atoms with Crippen LogP contribution in [0, 0.1) is 5.53 Å². The molecule has 0 bridgehead atoms. The molecule has 0 aromatic carbocycles. The van der Waals surface area contributed by atoms with Gasteiger partial charge in [-0.05, 0) is 6.92 Å². The van der Waals surface area contributed by atoms with Gasteiger partial charge in [0.25, 0.3) is 0 Å². The fourth-order valence-corrected chi connectivity index (χ4v) is 0.0289. The minimum absolute atomic E-state index is 0. The summed E-state index contributed by atoms with van der Waals surface area (Å²) in [6, 6.07) is 0. The normalized spacial score (nSPS) is 11.2. The molecule has 0 aromatic heterocycles. The smallest absolute Gasteiger partial charge is 0.166 e. The Balaban J connectivity index is 0. The summed E-state index contributed by atoms with van der Waals surface area (Å²) in [7, 11) is 0. The molecule has 0 unspecified atom stereocenters. The Hall–Kier alpha value is -0.930. The van der Waals surface area contributed by atoms with Crippen molar-refractivity contribution in [2.24, 2.45) is 16.1 Å². The molecule has 0 amide bonds. The van der Waals surface area contributed by atoms with Crippen molar-refractivity contribution in [3.8, 4) is 0 Å². The number of nitrogens with two attached hydrogens (primary N) is 1. The molecule has 0 aliphatic rings. The molecule has 0 rings (SSSR count). The highest BCUT2D eigenvalue weighted by atomic mass is 15.2. The molecule has 0 aromatic rings. The molecule has 4 heteroatoms. The van der Waals surface area contributed by atoms with Crippen LogP contribution in [0.15, 0.2) is 10.2 Å². The molecule has 0 heterocycles. The molecule has 36 valence electrons. The van der Waals surface area contributed by atoms with Crippen molar-refractivity contribution in [3.63, 3.8) is 0 Å². The second-order valence-corrected chi connectivity index (χ2v) is 0.788. The highest BCUT2D eigenvalue weighted by molar-refractivity contribution is 5.78. The van der Waals surface area contributed by atoms with Crippen LogP contribution >= 0.6 is 0 Å². The van der Waals surface area contributed by atoms with Gasteiger partial charge in [0.1, 0.15) is 0 Å². The third-order valence-corrected chi connectivity index (χ3v) is 0.349. The van der Waals surface area contributed by atoms with Gasteiger partial charge in [-0.1, -0.05) is 0 Å². The molecule has 0 saturated heterocycles. The fraction of sp³-hybridized carbons (Fsp3) is 0.500. The number of nitrogens with one attached hydrogen (secondary N) is 1. The first-order valence-corrected chi connectivity index (χ1v) is 1.43. The van der Waals surface area contributed by atoms with Crippen LogP contribution in [0.25, 0.3) is 0 Å². The minimum atomic E-state index is 0. The Labute approximate surface area is 37.0 Å². The molecule has 0 atom stereocenters. The lowest BCUT2D eigenvalue weighted by molar-refractivity contribution is 1.13. The van der Waals surface area contributed by atoms with E-state index in [1.54, 1.807) is 6.92 Å². The highest BCUT2D eigenvalue weighted by Gasteiger charge is 1.73. The topological polar surface area (TPSA) is 74.6 Å². The average Bonchev–Trinajstić information content (AvgIpc) is 1.65. The minimum Gasteiger partial charge on any atom is -0.321 e. The SMILES string of the molecule is C/C(N=N)=N/N.[HH]. The van der Waals surface area contributed by atoms with E-state index < -0.39 is 0 Å². The molecule has 0 aliphatic carbocycles. The van der Waals surface area contributed by atoms with Crippen LogP contribution in [0.1, 0.15) is 8.35 Å². The maximum absolute atomic E-state index is 6.22. The zero-order chi connectivity index (χ0) is 4.99. The standard InChI is InChI=1S/C2H6N4.H2/c1-2(5-3)6-4;/h3H,4H2,1H3;1H/b5-3?,6-2-;. The van der Waals surface area contributed by atoms with Gasteiger partial charge in [0, 0.05) is 1.43 Å². The number of hydrogen-bond acceptors (Lipinski definition) is 3. The Morgan fingerprint density at radius 2 is 2.50 bits per heavy atom. The highest BCUT2D eigenvalue weighted by Crippen LogP contribution is 1.68. The number of hydrogen-bond donors (Lipinski definition) is 2. The second-order valence-electron chi connectivity index (χ2n) is 0.788. The summed E-state index contributed by atoms with van der Waals surface area (Å²) in [5.74, 6) is 4.94. The van der Waals surface area contributed by atoms with E-state index in [1.807, 2.05) is 0 Å². The van der Waals surface area contributed by atoms with Crippen LogP contribution in [0.4, 0.5) is 0 Å². The Kier molecular flexibility index (Phi) is 1.96. The summed E-state index contributed by atoms with van der Waals surface area (Å²) in [6.07, 6.45) is 0. The van der Waals surface area contributed by atoms with Crippen molar-refractivity contribution in [2.75, 3.05) is 0 Å². The van der Waals surface area contributed by atoms with Crippen LogP contribution < -0.4 is 5.84 Å². The number of nitrogens with zero attached hydrogens (tertiary/aromatic N) is 2. The quantitative estimate of drug-likeness (QED) is 0.146. The van der Waals surface area contributed by atoms with E-state index in [9.17, 15) is 0 Å². The zero-order valence-corrected chi connectivity index (χ0v) is 3.47. The molecule has 0 aliphatic heterocycles. The Morgan fingerprint density at radius 1 is 2.00 bits per heavy atom. The monoisotopic (exact) mass is 88.1 g/mol. The van der Waals surface area contributed by atoms with Crippen LogP contribution in [0.3, 0.4) is 0 Å². The van der Waals surface area contributed by atoms with Crippen molar-refractivity contribution in [1.29, 1.82) is 5.53 Å². The van der Waals surface area contributed by atoms with Crippen LogP contribution in [-0.2, 0) is 0 Å². The predicted octanol–water partition coefficient (Wildman–Crippen LogP) is 0.555. The molecular weight excluding hydrogens is 80.0 g/mol. The van der Waals surface area contributed by atoms with Crippen molar-refractivity contribution in [2.45, 2.75) is 6.92 Å². The third-order valence-electron chi connectivity index (χ3n) is 0.349. The average molecular weight is 88.1 g/mol. The zero-order valence-electron chi connectivity index (χ0n) is 3.47. The third kappa shape index (κ3) is 1.40. The molecule has 0 fully saturated rings. The van der Waals surface area contributed by atoms with Crippen molar-refractivity contribution < 1.29 is 1.43 Å². The van der Waals surface area contributed by atoms with Gasteiger partial charge in [0.05, 0.1) is 0 Å². The van der Waals surface area contributed by atoms with Crippen LogP contribution in [0.2, 0.25) is 0 Å². The summed E-state index contributed by atoms with van der Waals surface area (Å²) in [5, 5.41) is 5.95. The summed E-state index contributed by atoms with van der Waals surface area (Å²) in [5.41, 5.74) is 6.22. The number of amidine groups is 1. The van der Waals surface area contributed by atoms with Crippen LogP contribution in [-0.4, -0.2) is 5.84 Å². The van der Waals surface area contributed by atoms with Gasteiger partial charge in [0.15, 0.2) is 5.84 Å². The molecule has 3 N–H and O–H groups in total.